The van der Waals surface area contributed by atoms with Crippen LogP contribution in [0.2, 0.25) is 0 Å². The number of imidazole rings is 1. The molecular weight excluding hydrogens is 559 g/mol. The summed E-state index contributed by atoms with van der Waals surface area (Å²) in [4.78, 5) is 19.8. The fraction of sp³-hybridized carbons (Fsp3) is 0.429. The SMILES string of the molecule is COc1ccc(S(C)(=O)=O)cc1NCC#Cc1cc(C(=O)N[C@@H]2CCN(C)[C@H](C)C2)c2ncn(CC(F)(F)F)c2c1. The smallest absolute Gasteiger partial charge is 0.406 e. The summed E-state index contributed by atoms with van der Waals surface area (Å²) in [5.74, 6) is 5.78. The molecule has 9 nitrogen and oxygen atoms in total. The number of alkyl halides is 3. The van der Waals surface area contributed by atoms with Crippen molar-refractivity contribution in [1.82, 2.24) is 19.8 Å². The summed E-state index contributed by atoms with van der Waals surface area (Å²) in [6.45, 7) is 1.70. The van der Waals surface area contributed by atoms with Crippen molar-refractivity contribution < 1.29 is 31.1 Å². The number of methoxy groups -OCH3 is 1. The van der Waals surface area contributed by atoms with E-state index in [0.29, 0.717) is 17.0 Å². The number of rotatable bonds is 7. The van der Waals surface area contributed by atoms with Crippen LogP contribution in [-0.4, -0.2) is 80.5 Å². The summed E-state index contributed by atoms with van der Waals surface area (Å²) in [6.07, 6.45) is -0.798. The van der Waals surface area contributed by atoms with Gasteiger partial charge in [0.05, 0.1) is 41.6 Å². The minimum atomic E-state index is -4.48. The summed E-state index contributed by atoms with van der Waals surface area (Å²) in [7, 11) is 0.0255. The van der Waals surface area contributed by atoms with Crippen molar-refractivity contribution in [1.29, 1.82) is 0 Å². The molecule has 1 aliphatic rings. The molecule has 1 aliphatic heterocycles. The molecule has 1 aromatic heterocycles. The second kappa shape index (κ2) is 12.0. The molecule has 4 rings (SSSR count). The third-order valence-electron chi connectivity index (χ3n) is 7.06. The number of hydrogen-bond acceptors (Lipinski definition) is 7. The molecule has 0 bridgehead atoms. The Bertz CT molecular complexity index is 1610. The quantitative estimate of drug-likeness (QED) is 0.404. The molecule has 41 heavy (non-hydrogen) atoms. The lowest BCUT2D eigenvalue weighted by Crippen LogP contribution is -2.47. The van der Waals surface area contributed by atoms with E-state index in [-0.39, 0.29) is 40.1 Å². The van der Waals surface area contributed by atoms with E-state index in [1.807, 2.05) is 7.05 Å². The number of likely N-dealkylation sites (tertiary alicyclic amines) is 1. The zero-order valence-corrected chi connectivity index (χ0v) is 24.0. The first-order chi connectivity index (χ1) is 19.2. The van der Waals surface area contributed by atoms with Gasteiger partial charge in [0.25, 0.3) is 5.91 Å². The molecule has 1 amide bonds. The van der Waals surface area contributed by atoms with Crippen LogP contribution < -0.4 is 15.4 Å². The van der Waals surface area contributed by atoms with Crippen molar-refractivity contribution in [3.05, 3.63) is 47.8 Å². The van der Waals surface area contributed by atoms with Gasteiger partial charge in [0.15, 0.2) is 9.84 Å². The molecule has 220 valence electrons. The first kappa shape index (κ1) is 30.2. The lowest BCUT2D eigenvalue weighted by molar-refractivity contribution is -0.139. The van der Waals surface area contributed by atoms with Gasteiger partial charge < -0.3 is 24.8 Å². The van der Waals surface area contributed by atoms with Crippen LogP contribution in [0.5, 0.6) is 5.75 Å². The minimum absolute atomic E-state index is 0.0679. The molecule has 0 spiro atoms. The Kier molecular flexibility index (Phi) is 8.84. The number of aromatic nitrogens is 2. The number of amides is 1. The van der Waals surface area contributed by atoms with E-state index in [1.54, 1.807) is 0 Å². The number of ether oxygens (including phenoxy) is 1. The van der Waals surface area contributed by atoms with Crippen LogP contribution in [-0.2, 0) is 16.4 Å². The van der Waals surface area contributed by atoms with Crippen LogP contribution in [0, 0.1) is 11.8 Å². The third-order valence-corrected chi connectivity index (χ3v) is 8.17. The highest BCUT2D eigenvalue weighted by Crippen LogP contribution is 2.28. The van der Waals surface area contributed by atoms with Gasteiger partial charge in [-0.1, -0.05) is 11.8 Å². The Balaban J connectivity index is 1.62. The topological polar surface area (TPSA) is 106 Å². The molecule has 1 saturated heterocycles. The van der Waals surface area contributed by atoms with Crippen LogP contribution in [0.4, 0.5) is 18.9 Å². The van der Waals surface area contributed by atoms with Crippen molar-refractivity contribution >= 4 is 32.5 Å². The Morgan fingerprint density at radius 1 is 1.24 bits per heavy atom. The summed E-state index contributed by atoms with van der Waals surface area (Å²) in [5.41, 5.74) is 1.21. The highest BCUT2D eigenvalue weighted by Gasteiger charge is 2.30. The zero-order valence-electron chi connectivity index (χ0n) is 23.2. The second-order valence-electron chi connectivity index (χ2n) is 10.2. The number of piperidine rings is 1. The van der Waals surface area contributed by atoms with Crippen LogP contribution in [0.15, 0.2) is 41.6 Å². The number of sulfone groups is 1. The fourth-order valence-electron chi connectivity index (χ4n) is 4.75. The average Bonchev–Trinajstić information content (AvgIpc) is 3.28. The number of hydrogen-bond donors (Lipinski definition) is 2. The molecule has 3 aromatic rings. The molecule has 0 aliphatic carbocycles. The lowest BCUT2D eigenvalue weighted by atomic mass is 9.98. The maximum Gasteiger partial charge on any atom is 0.406 e. The maximum absolute atomic E-state index is 13.3. The van der Waals surface area contributed by atoms with E-state index >= 15 is 0 Å². The van der Waals surface area contributed by atoms with E-state index in [9.17, 15) is 26.4 Å². The first-order valence-corrected chi connectivity index (χ1v) is 14.8. The molecule has 1 fully saturated rings. The summed E-state index contributed by atoms with van der Waals surface area (Å²) < 4.78 is 69.8. The van der Waals surface area contributed by atoms with E-state index in [4.69, 9.17) is 4.74 Å². The monoisotopic (exact) mass is 591 g/mol. The van der Waals surface area contributed by atoms with Gasteiger partial charge in [-0.05, 0) is 57.1 Å². The first-order valence-electron chi connectivity index (χ1n) is 12.9. The van der Waals surface area contributed by atoms with E-state index in [0.717, 1.165) is 36.5 Å². The van der Waals surface area contributed by atoms with Gasteiger partial charge >= 0.3 is 6.18 Å². The van der Waals surface area contributed by atoms with Crippen molar-refractivity contribution in [3.63, 3.8) is 0 Å². The molecule has 0 saturated carbocycles. The standard InChI is InChI=1S/C28H32F3N5O4S/c1-18-12-20(9-11-35(18)2)34-27(37)22-13-19(14-24-26(22)33-17-36(24)16-28(29,30)31)6-5-10-32-23-15-21(41(4,38)39)7-8-25(23)40-3/h7-8,13-15,17-18,20,32H,9-12,16H2,1-4H3,(H,34,37)/t18-,20-/m1/s1. The Morgan fingerprint density at radius 2 is 2.00 bits per heavy atom. The van der Waals surface area contributed by atoms with E-state index in [1.165, 1.54) is 37.4 Å². The van der Waals surface area contributed by atoms with Crippen LogP contribution in [0.3, 0.4) is 0 Å². The van der Waals surface area contributed by atoms with Gasteiger partial charge in [-0.25, -0.2) is 13.4 Å². The molecule has 0 radical (unpaired) electrons. The number of halogens is 3. The Morgan fingerprint density at radius 3 is 2.66 bits per heavy atom. The number of carbonyl (C=O) groups excluding carboxylic acids is 1. The van der Waals surface area contributed by atoms with Crippen molar-refractivity contribution in [2.24, 2.45) is 0 Å². The lowest BCUT2D eigenvalue weighted by Gasteiger charge is -2.35. The average molecular weight is 592 g/mol. The van der Waals surface area contributed by atoms with Gasteiger partial charge in [0.2, 0.25) is 0 Å². The number of fused-ring (bicyclic) bond motifs is 1. The highest BCUT2D eigenvalue weighted by molar-refractivity contribution is 7.90. The number of nitrogens with one attached hydrogen (secondary N) is 2. The van der Waals surface area contributed by atoms with Gasteiger partial charge in [-0.2, -0.15) is 13.2 Å². The predicted octanol–water partition coefficient (Wildman–Crippen LogP) is 3.69. The van der Waals surface area contributed by atoms with Crippen molar-refractivity contribution in [2.75, 3.05) is 38.8 Å². The van der Waals surface area contributed by atoms with E-state index in [2.05, 4.69) is 39.3 Å². The third kappa shape index (κ3) is 7.51. The normalized spacial score (nSPS) is 18.0. The minimum Gasteiger partial charge on any atom is -0.495 e. The number of benzene rings is 2. The van der Waals surface area contributed by atoms with Gasteiger partial charge in [-0.3, -0.25) is 4.79 Å². The maximum atomic E-state index is 13.3. The second-order valence-corrected chi connectivity index (χ2v) is 12.2. The van der Waals surface area contributed by atoms with Crippen molar-refractivity contribution in [2.45, 2.75) is 49.5 Å². The van der Waals surface area contributed by atoms with Crippen LogP contribution >= 0.6 is 0 Å². The van der Waals surface area contributed by atoms with Crippen LogP contribution in [0.25, 0.3) is 11.0 Å². The Hall–Kier alpha value is -3.76. The summed E-state index contributed by atoms with van der Waals surface area (Å²) in [6, 6.07) is 7.60. The molecule has 2 N–H and O–H groups in total. The Labute approximate surface area is 237 Å². The molecule has 13 heteroatoms. The van der Waals surface area contributed by atoms with Crippen LogP contribution in [0.1, 0.15) is 35.7 Å². The summed E-state index contributed by atoms with van der Waals surface area (Å²) >= 11 is 0. The predicted molar refractivity (Wildman–Crippen MR) is 150 cm³/mol. The number of nitrogens with zero attached hydrogens (tertiary/aromatic N) is 3. The number of anilines is 1. The van der Waals surface area contributed by atoms with Crippen molar-refractivity contribution in [3.8, 4) is 17.6 Å². The summed E-state index contributed by atoms with van der Waals surface area (Å²) in [5, 5.41) is 6.03. The zero-order chi connectivity index (χ0) is 29.9. The highest BCUT2D eigenvalue weighted by atomic mass is 32.2. The molecular formula is C28H32F3N5O4S. The van der Waals surface area contributed by atoms with Gasteiger partial charge in [0, 0.05) is 30.4 Å². The van der Waals surface area contributed by atoms with Gasteiger partial charge in [0.1, 0.15) is 17.8 Å². The molecule has 2 heterocycles. The number of carbonyl (C=O) groups is 1. The molecule has 2 aromatic carbocycles. The molecule has 2 atom stereocenters. The largest absolute Gasteiger partial charge is 0.495 e. The van der Waals surface area contributed by atoms with E-state index < -0.39 is 28.5 Å². The molecule has 0 unspecified atom stereocenters. The van der Waals surface area contributed by atoms with Gasteiger partial charge in [-0.15, -0.1) is 0 Å². The fourth-order valence-corrected chi connectivity index (χ4v) is 5.40.